The number of nitro groups is 1. The van der Waals surface area contributed by atoms with Crippen LogP contribution in [0.25, 0.3) is 0 Å². The maximum Gasteiger partial charge on any atom is 0.353 e. The Kier molecular flexibility index (Phi) is 4.08. The number of aryl methyl sites for hydroxylation is 1. The average Bonchev–Trinajstić information content (AvgIpc) is 2.82. The van der Waals surface area contributed by atoms with E-state index in [4.69, 9.17) is 0 Å². The largest absolute Gasteiger partial charge is 0.364 e. The normalized spacial score (nSPS) is 10.3. The first-order valence-electron chi connectivity index (χ1n) is 6.06. The Morgan fingerprint density at radius 1 is 1.35 bits per heavy atom. The van der Waals surface area contributed by atoms with E-state index in [2.05, 4.69) is 25.7 Å². The molecule has 106 valence electrons. The number of aromatic nitrogens is 4. The highest BCUT2D eigenvalue weighted by atomic mass is 16.6. The molecule has 0 saturated carbocycles. The van der Waals surface area contributed by atoms with E-state index in [1.807, 2.05) is 13.1 Å². The number of hydrogen-bond acceptors (Lipinski definition) is 7. The van der Waals surface area contributed by atoms with Crippen molar-refractivity contribution in [3.63, 3.8) is 0 Å². The Balaban J connectivity index is 2.22. The van der Waals surface area contributed by atoms with Gasteiger partial charge in [-0.25, -0.2) is 9.97 Å². The second-order valence-electron chi connectivity index (χ2n) is 4.08. The lowest BCUT2D eigenvalue weighted by Crippen LogP contribution is -2.09. The standard InChI is InChI=1S/C11H15N7O2/c1-3-12-10-9(18(19)20)11(15-7-14-10)13-4-8-5-16-17(2)6-8/h5-7H,3-4H2,1-2H3,(H2,12,13,14,15). The molecule has 20 heavy (non-hydrogen) atoms. The highest BCUT2D eigenvalue weighted by molar-refractivity contribution is 5.69. The predicted molar refractivity (Wildman–Crippen MR) is 73.4 cm³/mol. The van der Waals surface area contributed by atoms with Crippen molar-refractivity contribution in [2.45, 2.75) is 13.5 Å². The van der Waals surface area contributed by atoms with E-state index >= 15 is 0 Å². The van der Waals surface area contributed by atoms with Crippen molar-refractivity contribution in [2.75, 3.05) is 17.2 Å². The van der Waals surface area contributed by atoms with Crippen LogP contribution in [0.1, 0.15) is 12.5 Å². The Bertz CT molecular complexity index is 611. The first-order chi connectivity index (χ1) is 9.61. The smallest absolute Gasteiger partial charge is 0.353 e. The van der Waals surface area contributed by atoms with Gasteiger partial charge in [-0.2, -0.15) is 5.10 Å². The molecule has 2 N–H and O–H groups in total. The summed E-state index contributed by atoms with van der Waals surface area (Å²) in [5.74, 6) is 0.394. The van der Waals surface area contributed by atoms with Crippen LogP contribution in [0, 0.1) is 10.1 Å². The molecule has 0 atom stereocenters. The summed E-state index contributed by atoms with van der Waals surface area (Å²) in [5.41, 5.74) is 0.753. The van der Waals surface area contributed by atoms with Crippen LogP contribution in [0.2, 0.25) is 0 Å². The third-order valence-electron chi connectivity index (χ3n) is 2.57. The molecule has 0 spiro atoms. The maximum absolute atomic E-state index is 11.2. The molecule has 0 radical (unpaired) electrons. The fourth-order valence-electron chi connectivity index (χ4n) is 1.73. The highest BCUT2D eigenvalue weighted by Crippen LogP contribution is 2.28. The molecule has 0 aliphatic rings. The van der Waals surface area contributed by atoms with Crippen LogP contribution in [0.4, 0.5) is 17.3 Å². The van der Waals surface area contributed by atoms with Crippen molar-refractivity contribution in [3.05, 3.63) is 34.4 Å². The third kappa shape index (κ3) is 2.99. The van der Waals surface area contributed by atoms with E-state index in [1.54, 1.807) is 17.9 Å². The van der Waals surface area contributed by atoms with E-state index in [1.165, 1.54) is 6.33 Å². The van der Waals surface area contributed by atoms with Gasteiger partial charge in [0.05, 0.1) is 11.1 Å². The van der Waals surface area contributed by atoms with Crippen LogP contribution >= 0.6 is 0 Å². The SMILES string of the molecule is CCNc1ncnc(NCc2cnn(C)c2)c1[N+](=O)[O-]. The van der Waals surface area contributed by atoms with Gasteiger partial charge in [0.15, 0.2) is 0 Å². The Morgan fingerprint density at radius 2 is 2.05 bits per heavy atom. The summed E-state index contributed by atoms with van der Waals surface area (Å²) < 4.78 is 1.66. The molecule has 0 amide bonds. The van der Waals surface area contributed by atoms with Crippen LogP contribution in [0.3, 0.4) is 0 Å². The summed E-state index contributed by atoms with van der Waals surface area (Å²) in [4.78, 5) is 18.5. The summed E-state index contributed by atoms with van der Waals surface area (Å²) >= 11 is 0. The maximum atomic E-state index is 11.2. The number of hydrogen-bond donors (Lipinski definition) is 2. The molecular weight excluding hydrogens is 262 g/mol. The molecule has 2 heterocycles. The minimum Gasteiger partial charge on any atom is -0.364 e. The second kappa shape index (κ2) is 5.95. The molecule has 0 fully saturated rings. The number of nitrogens with zero attached hydrogens (tertiary/aromatic N) is 5. The van der Waals surface area contributed by atoms with E-state index in [0.717, 1.165) is 5.56 Å². The second-order valence-corrected chi connectivity index (χ2v) is 4.08. The molecule has 0 bridgehead atoms. The van der Waals surface area contributed by atoms with Crippen molar-refractivity contribution in [3.8, 4) is 0 Å². The molecule has 2 aromatic heterocycles. The molecule has 9 heteroatoms. The van der Waals surface area contributed by atoms with E-state index in [0.29, 0.717) is 13.1 Å². The fourth-order valence-corrected chi connectivity index (χ4v) is 1.73. The number of nitrogens with one attached hydrogen (secondary N) is 2. The molecule has 0 aromatic carbocycles. The van der Waals surface area contributed by atoms with Gasteiger partial charge in [-0.1, -0.05) is 0 Å². The Labute approximate surface area is 115 Å². The van der Waals surface area contributed by atoms with Gasteiger partial charge in [0.2, 0.25) is 11.6 Å². The monoisotopic (exact) mass is 277 g/mol. The predicted octanol–water partition coefficient (Wildman–Crippen LogP) is 1.16. The number of anilines is 2. The van der Waals surface area contributed by atoms with E-state index in [-0.39, 0.29) is 17.3 Å². The topological polar surface area (TPSA) is 111 Å². The van der Waals surface area contributed by atoms with E-state index in [9.17, 15) is 10.1 Å². The van der Waals surface area contributed by atoms with E-state index < -0.39 is 4.92 Å². The molecule has 0 aliphatic carbocycles. The van der Waals surface area contributed by atoms with Gasteiger partial charge in [-0.15, -0.1) is 0 Å². The first kappa shape index (κ1) is 13.7. The van der Waals surface area contributed by atoms with Gasteiger partial charge in [0, 0.05) is 31.9 Å². The van der Waals surface area contributed by atoms with Crippen molar-refractivity contribution < 1.29 is 4.92 Å². The van der Waals surface area contributed by atoms with Gasteiger partial charge >= 0.3 is 5.69 Å². The fraction of sp³-hybridized carbons (Fsp3) is 0.364. The average molecular weight is 277 g/mol. The van der Waals surface area contributed by atoms with Gasteiger partial charge in [-0.05, 0) is 6.92 Å². The van der Waals surface area contributed by atoms with Crippen molar-refractivity contribution in [1.29, 1.82) is 0 Å². The summed E-state index contributed by atoms with van der Waals surface area (Å²) in [6, 6.07) is 0. The zero-order valence-corrected chi connectivity index (χ0v) is 11.2. The molecule has 0 aliphatic heterocycles. The van der Waals surface area contributed by atoms with Gasteiger partial charge in [-0.3, -0.25) is 14.8 Å². The Hall–Kier alpha value is -2.71. The first-order valence-corrected chi connectivity index (χ1v) is 6.06. The molecule has 0 unspecified atom stereocenters. The van der Waals surface area contributed by atoms with Crippen molar-refractivity contribution in [2.24, 2.45) is 7.05 Å². The lowest BCUT2D eigenvalue weighted by atomic mass is 10.3. The van der Waals surface area contributed by atoms with Crippen LogP contribution in [0.15, 0.2) is 18.7 Å². The molecule has 0 saturated heterocycles. The minimum atomic E-state index is -0.496. The minimum absolute atomic E-state index is 0.154. The third-order valence-corrected chi connectivity index (χ3v) is 2.57. The van der Waals surface area contributed by atoms with Crippen LogP contribution < -0.4 is 10.6 Å². The Morgan fingerprint density at radius 3 is 2.60 bits per heavy atom. The van der Waals surface area contributed by atoms with Crippen LogP contribution in [-0.4, -0.2) is 31.2 Å². The molecular formula is C11H15N7O2. The lowest BCUT2D eigenvalue weighted by molar-refractivity contribution is -0.383. The molecule has 2 aromatic rings. The quantitative estimate of drug-likeness (QED) is 0.602. The number of rotatable bonds is 6. The summed E-state index contributed by atoms with van der Waals surface area (Å²) in [6.07, 6.45) is 4.80. The summed E-state index contributed by atoms with van der Waals surface area (Å²) in [7, 11) is 1.81. The van der Waals surface area contributed by atoms with Gasteiger partial charge in [0.25, 0.3) is 0 Å². The molecule has 2 rings (SSSR count). The van der Waals surface area contributed by atoms with Crippen molar-refractivity contribution >= 4 is 17.3 Å². The summed E-state index contributed by atoms with van der Waals surface area (Å²) in [5, 5.41) is 21.0. The zero-order valence-electron chi connectivity index (χ0n) is 11.2. The van der Waals surface area contributed by atoms with Gasteiger partial charge in [0.1, 0.15) is 6.33 Å². The molecule has 9 nitrogen and oxygen atoms in total. The zero-order chi connectivity index (χ0) is 14.5. The van der Waals surface area contributed by atoms with Crippen LogP contribution in [0.5, 0.6) is 0 Å². The highest BCUT2D eigenvalue weighted by Gasteiger charge is 2.22. The van der Waals surface area contributed by atoms with Crippen molar-refractivity contribution in [1.82, 2.24) is 19.7 Å². The van der Waals surface area contributed by atoms with Gasteiger partial charge < -0.3 is 10.6 Å². The summed E-state index contributed by atoms with van der Waals surface area (Å²) in [6.45, 7) is 2.78. The lowest BCUT2D eigenvalue weighted by Gasteiger charge is -2.08. The van der Waals surface area contributed by atoms with Crippen LogP contribution in [-0.2, 0) is 13.6 Å².